The molecule has 0 aromatic carbocycles. The maximum atomic E-state index is 11.1. The monoisotopic (exact) mass is 437 g/mol. The van der Waals surface area contributed by atoms with E-state index in [2.05, 4.69) is 9.44 Å². The first-order valence-corrected chi connectivity index (χ1v) is 11.5. The molecule has 0 saturated carbocycles. The molecule has 0 aromatic rings. The van der Waals surface area contributed by atoms with Crippen molar-refractivity contribution in [3.05, 3.63) is 0 Å². The first kappa shape index (κ1) is 23.7. The first-order valence-electron chi connectivity index (χ1n) is 7.55. The minimum atomic E-state index is -4.83. The summed E-state index contributed by atoms with van der Waals surface area (Å²) in [5, 5.41) is 42.0. The first-order chi connectivity index (χ1) is 12.0. The lowest BCUT2D eigenvalue weighted by Gasteiger charge is -2.39. The summed E-state index contributed by atoms with van der Waals surface area (Å²) in [5.74, 6) is 0.428. The molecule has 1 rings (SSSR count). The summed E-state index contributed by atoms with van der Waals surface area (Å²) in [7, 11) is -5.83. The van der Waals surface area contributed by atoms with Gasteiger partial charge in [0, 0.05) is 22.8 Å². The van der Waals surface area contributed by atoms with E-state index in [1.54, 1.807) is 6.26 Å². The van der Waals surface area contributed by atoms with Crippen LogP contribution in [0.5, 0.6) is 0 Å². The Morgan fingerprint density at radius 3 is 2.42 bits per heavy atom. The molecular weight excluding hydrogens is 414 g/mol. The van der Waals surface area contributed by atoms with Crippen molar-refractivity contribution in [2.45, 2.75) is 49.1 Å². The van der Waals surface area contributed by atoms with Crippen LogP contribution in [-0.2, 0) is 30.2 Å². The third kappa shape index (κ3) is 8.14. The lowest BCUT2D eigenvalue weighted by molar-refractivity contribution is -0.205. The molecule has 11 nitrogen and oxygen atoms in total. The topological polar surface area (TPSA) is 183 Å². The molecule has 6 atom stereocenters. The number of nitrogens with zero attached hydrogens (tertiary/aromatic N) is 1. The second-order valence-corrected chi connectivity index (χ2v) is 9.27. The van der Waals surface area contributed by atoms with Crippen LogP contribution < -0.4 is 0 Å². The van der Waals surface area contributed by atoms with Gasteiger partial charge in [-0.25, -0.2) is 4.28 Å². The highest BCUT2D eigenvalue weighted by Crippen LogP contribution is 2.30. The number of thioether (sulfide) groups is 1. The van der Waals surface area contributed by atoms with Crippen molar-refractivity contribution in [2.75, 3.05) is 18.6 Å². The van der Waals surface area contributed by atoms with Gasteiger partial charge >= 0.3 is 10.4 Å². The van der Waals surface area contributed by atoms with Crippen molar-refractivity contribution in [3.63, 3.8) is 0 Å². The van der Waals surface area contributed by atoms with Gasteiger partial charge in [-0.05, 0) is 19.3 Å². The van der Waals surface area contributed by atoms with E-state index in [1.165, 1.54) is 0 Å². The number of rotatable bonds is 9. The van der Waals surface area contributed by atoms with Gasteiger partial charge in [-0.15, -0.1) is 0 Å². The molecule has 154 valence electrons. The van der Waals surface area contributed by atoms with Gasteiger partial charge in [0.2, 0.25) is 0 Å². The Hall–Kier alpha value is -0.320. The largest absolute Gasteiger partial charge is 0.466 e. The molecule has 0 aromatic heterocycles. The second kappa shape index (κ2) is 10.9. The second-order valence-electron chi connectivity index (χ2n) is 5.54. The van der Waals surface area contributed by atoms with Crippen molar-refractivity contribution >= 4 is 38.0 Å². The molecule has 0 amide bonds. The summed E-state index contributed by atoms with van der Waals surface area (Å²) < 4.78 is 50.4. The third-order valence-electron chi connectivity index (χ3n) is 3.41. The summed E-state index contributed by atoms with van der Waals surface area (Å²) in [6.45, 7) is -0.613. The number of hydrogen-bond donors (Lipinski definition) is 5. The number of unbranched alkanes of at least 4 members (excludes halogenated alkanes) is 1. The van der Waals surface area contributed by atoms with Gasteiger partial charge in [-0.1, -0.05) is 16.9 Å². The van der Waals surface area contributed by atoms with E-state index in [0.717, 1.165) is 11.8 Å². The highest BCUT2D eigenvalue weighted by atomic mass is 32.3. The smallest absolute Gasteiger partial charge is 0.394 e. The normalized spacial score (nSPS) is 31.6. The van der Waals surface area contributed by atoms with Crippen LogP contribution in [0.3, 0.4) is 0 Å². The standard InChI is InChI=1S/C12H23NO10S3/c1-25(18)5-3-2-4-8(13-23-26(19,20)21)24-12-11(17)10(16)9(15)7(6-14)22-12/h7,9-12,14-17H,2-6H2,1H3,(H,19,20,21)/b13-8-/t7-,9-,10+,11-,12+,25-/m1/s1. The van der Waals surface area contributed by atoms with Crippen LogP contribution in [0, 0.1) is 0 Å². The van der Waals surface area contributed by atoms with Crippen molar-refractivity contribution in [1.29, 1.82) is 0 Å². The SMILES string of the molecule is C[S@@](=O)CCCC/C(=N/OS(=O)(=O)O)S[C@@H]1O[C@H](CO)[C@@H](O)[C@H](O)[C@H]1O. The van der Waals surface area contributed by atoms with Crippen LogP contribution in [0.2, 0.25) is 0 Å². The molecule has 0 radical (unpaired) electrons. The van der Waals surface area contributed by atoms with Crippen LogP contribution in [0.25, 0.3) is 0 Å². The molecule has 5 N–H and O–H groups in total. The number of aliphatic hydroxyl groups is 4. The van der Waals surface area contributed by atoms with Crippen molar-refractivity contribution in [3.8, 4) is 0 Å². The molecule has 1 saturated heterocycles. The van der Waals surface area contributed by atoms with Gasteiger partial charge in [0.25, 0.3) is 0 Å². The molecule has 1 aliphatic rings. The van der Waals surface area contributed by atoms with Crippen molar-refractivity contribution in [1.82, 2.24) is 0 Å². The number of aliphatic hydroxyl groups excluding tert-OH is 4. The average molecular weight is 438 g/mol. The Morgan fingerprint density at radius 1 is 1.23 bits per heavy atom. The van der Waals surface area contributed by atoms with Gasteiger partial charge in [-0.3, -0.25) is 8.76 Å². The predicted molar refractivity (Wildman–Crippen MR) is 94.2 cm³/mol. The minimum Gasteiger partial charge on any atom is -0.394 e. The van der Waals surface area contributed by atoms with Crippen LogP contribution in [0.4, 0.5) is 0 Å². The highest BCUT2D eigenvalue weighted by Gasteiger charge is 2.44. The summed E-state index contributed by atoms with van der Waals surface area (Å²) in [6.07, 6.45) is -3.09. The molecule has 14 heteroatoms. The van der Waals surface area contributed by atoms with Gasteiger partial charge < -0.3 is 25.2 Å². The molecule has 0 aliphatic carbocycles. The Morgan fingerprint density at radius 2 is 1.88 bits per heavy atom. The molecule has 1 aliphatic heterocycles. The summed E-state index contributed by atoms with van der Waals surface area (Å²) >= 11 is 0.717. The molecule has 1 heterocycles. The summed E-state index contributed by atoms with van der Waals surface area (Å²) in [5.41, 5.74) is -1.17. The van der Waals surface area contributed by atoms with E-state index in [4.69, 9.17) is 14.4 Å². The number of oxime groups is 1. The van der Waals surface area contributed by atoms with Crippen LogP contribution in [0.1, 0.15) is 19.3 Å². The van der Waals surface area contributed by atoms with Gasteiger partial charge in [-0.2, -0.15) is 8.42 Å². The fourth-order valence-electron chi connectivity index (χ4n) is 2.10. The molecule has 0 spiro atoms. The molecular formula is C12H23NO10S3. The molecule has 0 bridgehead atoms. The van der Waals surface area contributed by atoms with E-state index in [1.807, 2.05) is 0 Å². The van der Waals surface area contributed by atoms with E-state index < -0.39 is 57.7 Å². The van der Waals surface area contributed by atoms with E-state index in [-0.39, 0.29) is 11.5 Å². The highest BCUT2D eigenvalue weighted by molar-refractivity contribution is 8.14. The fraction of sp³-hybridized carbons (Fsp3) is 0.917. The summed E-state index contributed by atoms with van der Waals surface area (Å²) in [4.78, 5) is 0. The lowest BCUT2D eigenvalue weighted by atomic mass is 10.0. The Balaban J connectivity index is 2.80. The average Bonchev–Trinajstić information content (AvgIpc) is 2.55. The van der Waals surface area contributed by atoms with Gasteiger partial charge in [0.1, 0.15) is 34.9 Å². The fourth-order valence-corrected chi connectivity index (χ4v) is 4.05. The van der Waals surface area contributed by atoms with Crippen LogP contribution in [0.15, 0.2) is 5.16 Å². The zero-order chi connectivity index (χ0) is 19.9. The van der Waals surface area contributed by atoms with Gasteiger partial charge in [0.15, 0.2) is 0 Å². The lowest BCUT2D eigenvalue weighted by Crippen LogP contribution is -2.57. The van der Waals surface area contributed by atoms with E-state index in [0.29, 0.717) is 18.6 Å². The van der Waals surface area contributed by atoms with Crippen molar-refractivity contribution in [2.24, 2.45) is 5.16 Å². The Bertz CT molecular complexity index is 596. The zero-order valence-corrected chi connectivity index (χ0v) is 16.3. The van der Waals surface area contributed by atoms with Gasteiger partial charge in [0.05, 0.1) is 6.61 Å². The Labute approximate surface area is 157 Å². The quantitative estimate of drug-likeness (QED) is 0.0901. The van der Waals surface area contributed by atoms with Crippen molar-refractivity contribution < 1.29 is 46.6 Å². The van der Waals surface area contributed by atoms with E-state index >= 15 is 0 Å². The van der Waals surface area contributed by atoms with Crippen LogP contribution >= 0.6 is 11.8 Å². The summed E-state index contributed by atoms with van der Waals surface area (Å²) in [6, 6.07) is 0. The van der Waals surface area contributed by atoms with Crippen LogP contribution in [-0.4, -0.2) is 91.1 Å². The minimum absolute atomic E-state index is 0.0221. The molecule has 0 unspecified atom stereocenters. The molecule has 26 heavy (non-hydrogen) atoms. The molecule has 1 fully saturated rings. The van der Waals surface area contributed by atoms with E-state index in [9.17, 15) is 27.9 Å². The Kier molecular flexibility index (Phi) is 9.92. The number of ether oxygens (including phenoxy) is 1. The maximum Gasteiger partial charge on any atom is 0.466 e. The zero-order valence-electron chi connectivity index (χ0n) is 13.9. The number of hydrogen-bond acceptors (Lipinski definition) is 11. The predicted octanol–water partition coefficient (Wildman–Crippen LogP) is -1.80. The maximum absolute atomic E-state index is 11.1. The third-order valence-corrected chi connectivity index (χ3v) is 5.71.